The van der Waals surface area contributed by atoms with Gasteiger partial charge in [0.25, 0.3) is 0 Å². The molecule has 0 radical (unpaired) electrons. The standard InChI is InChI=1S/C22H31NO2/c1-18(2)13-23(14-20-11-9-19(3)10-12-20)15-22(24)17-25-16-21-7-5-4-6-8-21/h4-12,18,22,24H,13-17H2,1-3H3/t22-/m1/s1. The van der Waals surface area contributed by atoms with Gasteiger partial charge < -0.3 is 9.84 Å². The molecule has 3 nitrogen and oxygen atoms in total. The lowest BCUT2D eigenvalue weighted by Gasteiger charge is -2.27. The third-order valence-corrected chi connectivity index (χ3v) is 4.04. The molecule has 2 rings (SSSR count). The second kappa shape index (κ2) is 10.3. The molecule has 3 heteroatoms. The van der Waals surface area contributed by atoms with Crippen LogP contribution < -0.4 is 0 Å². The van der Waals surface area contributed by atoms with Crippen molar-refractivity contribution in [3.8, 4) is 0 Å². The number of aryl methyl sites for hydroxylation is 1. The van der Waals surface area contributed by atoms with Crippen LogP contribution in [-0.4, -0.2) is 35.8 Å². The highest BCUT2D eigenvalue weighted by molar-refractivity contribution is 5.21. The number of benzene rings is 2. The van der Waals surface area contributed by atoms with Gasteiger partial charge in [0.2, 0.25) is 0 Å². The Hall–Kier alpha value is -1.68. The fourth-order valence-electron chi connectivity index (χ4n) is 2.91. The Morgan fingerprint density at radius 2 is 1.60 bits per heavy atom. The SMILES string of the molecule is Cc1ccc(CN(CC(C)C)C[C@@H](O)COCc2ccccc2)cc1. The third-order valence-electron chi connectivity index (χ3n) is 4.04. The van der Waals surface area contributed by atoms with Crippen molar-refractivity contribution in [1.82, 2.24) is 4.90 Å². The summed E-state index contributed by atoms with van der Waals surface area (Å²) < 4.78 is 5.68. The van der Waals surface area contributed by atoms with E-state index in [9.17, 15) is 5.11 Å². The summed E-state index contributed by atoms with van der Waals surface area (Å²) in [6, 6.07) is 18.7. The van der Waals surface area contributed by atoms with Crippen molar-refractivity contribution in [3.63, 3.8) is 0 Å². The Bertz CT molecular complexity index is 595. The zero-order chi connectivity index (χ0) is 18.1. The molecule has 0 unspecified atom stereocenters. The molecule has 25 heavy (non-hydrogen) atoms. The van der Waals surface area contributed by atoms with Gasteiger partial charge in [-0.05, 0) is 24.0 Å². The van der Waals surface area contributed by atoms with Crippen LogP contribution in [0.5, 0.6) is 0 Å². The van der Waals surface area contributed by atoms with Gasteiger partial charge in [-0.15, -0.1) is 0 Å². The molecule has 0 aliphatic carbocycles. The summed E-state index contributed by atoms with van der Waals surface area (Å²) in [6.45, 7) is 9.86. The van der Waals surface area contributed by atoms with Crippen molar-refractivity contribution in [2.24, 2.45) is 5.92 Å². The van der Waals surface area contributed by atoms with Gasteiger partial charge in [-0.2, -0.15) is 0 Å². The molecule has 0 saturated heterocycles. The Morgan fingerprint density at radius 3 is 2.24 bits per heavy atom. The number of rotatable bonds is 10. The Balaban J connectivity index is 1.81. The summed E-state index contributed by atoms with van der Waals surface area (Å²) in [4.78, 5) is 2.31. The maximum atomic E-state index is 10.4. The van der Waals surface area contributed by atoms with Crippen molar-refractivity contribution >= 4 is 0 Å². The van der Waals surface area contributed by atoms with E-state index in [1.807, 2.05) is 30.3 Å². The molecule has 0 heterocycles. The summed E-state index contributed by atoms with van der Waals surface area (Å²) >= 11 is 0. The Labute approximate surface area is 152 Å². The molecule has 2 aromatic carbocycles. The maximum Gasteiger partial charge on any atom is 0.0900 e. The molecule has 0 spiro atoms. The predicted octanol–water partition coefficient (Wildman–Crippen LogP) is 4.03. The van der Waals surface area contributed by atoms with Gasteiger partial charge in [-0.25, -0.2) is 0 Å². The molecule has 0 fully saturated rings. The summed E-state index contributed by atoms with van der Waals surface area (Å²) in [7, 11) is 0. The smallest absolute Gasteiger partial charge is 0.0900 e. The molecule has 0 bridgehead atoms. The topological polar surface area (TPSA) is 32.7 Å². The predicted molar refractivity (Wildman–Crippen MR) is 103 cm³/mol. The monoisotopic (exact) mass is 341 g/mol. The highest BCUT2D eigenvalue weighted by atomic mass is 16.5. The molecule has 1 N–H and O–H groups in total. The van der Waals surface area contributed by atoms with E-state index in [4.69, 9.17) is 4.74 Å². The molecule has 0 aliphatic heterocycles. The van der Waals surface area contributed by atoms with Crippen LogP contribution in [0.2, 0.25) is 0 Å². The summed E-state index contributed by atoms with van der Waals surface area (Å²) in [6.07, 6.45) is -0.479. The minimum Gasteiger partial charge on any atom is -0.389 e. The average Bonchev–Trinajstić information content (AvgIpc) is 2.57. The second-order valence-corrected chi connectivity index (χ2v) is 7.23. The molecular weight excluding hydrogens is 310 g/mol. The largest absolute Gasteiger partial charge is 0.389 e. The van der Waals surface area contributed by atoms with E-state index < -0.39 is 6.10 Å². The molecule has 0 saturated carbocycles. The van der Waals surface area contributed by atoms with Crippen molar-refractivity contribution in [2.75, 3.05) is 19.7 Å². The van der Waals surface area contributed by atoms with Crippen LogP contribution in [0.4, 0.5) is 0 Å². The minimum atomic E-state index is -0.479. The molecular formula is C22H31NO2. The van der Waals surface area contributed by atoms with Gasteiger partial charge in [0.05, 0.1) is 19.3 Å². The van der Waals surface area contributed by atoms with Crippen LogP contribution in [0.25, 0.3) is 0 Å². The number of nitrogens with zero attached hydrogens (tertiary/aromatic N) is 1. The van der Waals surface area contributed by atoms with Gasteiger partial charge in [0.1, 0.15) is 0 Å². The van der Waals surface area contributed by atoms with Gasteiger partial charge in [-0.3, -0.25) is 4.90 Å². The first kappa shape index (κ1) is 19.6. The van der Waals surface area contributed by atoms with E-state index in [1.165, 1.54) is 11.1 Å². The van der Waals surface area contributed by atoms with Gasteiger partial charge in [0.15, 0.2) is 0 Å². The van der Waals surface area contributed by atoms with Crippen LogP contribution in [0, 0.1) is 12.8 Å². The first-order chi connectivity index (χ1) is 12.0. The lowest BCUT2D eigenvalue weighted by atomic mass is 10.1. The molecule has 0 aromatic heterocycles. The van der Waals surface area contributed by atoms with Gasteiger partial charge in [-0.1, -0.05) is 74.0 Å². The fraction of sp³-hybridized carbons (Fsp3) is 0.455. The van der Waals surface area contributed by atoms with Crippen molar-refractivity contribution in [2.45, 2.75) is 40.0 Å². The lowest BCUT2D eigenvalue weighted by Crippen LogP contribution is -2.36. The van der Waals surface area contributed by atoms with E-state index in [2.05, 4.69) is 49.9 Å². The molecule has 0 aliphatic rings. The number of hydrogen-bond donors (Lipinski definition) is 1. The number of hydrogen-bond acceptors (Lipinski definition) is 3. The van der Waals surface area contributed by atoms with Gasteiger partial charge in [0, 0.05) is 19.6 Å². The van der Waals surface area contributed by atoms with E-state index >= 15 is 0 Å². The number of aliphatic hydroxyl groups excluding tert-OH is 1. The molecule has 2 aromatic rings. The van der Waals surface area contributed by atoms with Crippen LogP contribution in [0.1, 0.15) is 30.5 Å². The fourth-order valence-corrected chi connectivity index (χ4v) is 2.91. The van der Waals surface area contributed by atoms with Crippen molar-refractivity contribution in [3.05, 3.63) is 71.3 Å². The zero-order valence-electron chi connectivity index (χ0n) is 15.7. The van der Waals surface area contributed by atoms with Crippen LogP contribution >= 0.6 is 0 Å². The number of ether oxygens (including phenoxy) is 1. The van der Waals surface area contributed by atoms with E-state index in [-0.39, 0.29) is 0 Å². The zero-order valence-corrected chi connectivity index (χ0v) is 15.7. The summed E-state index contributed by atoms with van der Waals surface area (Å²) in [5, 5.41) is 10.4. The average molecular weight is 341 g/mol. The highest BCUT2D eigenvalue weighted by Crippen LogP contribution is 2.10. The normalized spacial score (nSPS) is 12.7. The number of aliphatic hydroxyl groups is 1. The first-order valence-corrected chi connectivity index (χ1v) is 9.10. The van der Waals surface area contributed by atoms with Crippen LogP contribution in [-0.2, 0) is 17.9 Å². The van der Waals surface area contributed by atoms with E-state index in [0.29, 0.717) is 25.7 Å². The van der Waals surface area contributed by atoms with Crippen molar-refractivity contribution in [1.29, 1.82) is 0 Å². The first-order valence-electron chi connectivity index (χ1n) is 9.10. The van der Waals surface area contributed by atoms with Gasteiger partial charge >= 0.3 is 0 Å². The van der Waals surface area contributed by atoms with E-state index in [0.717, 1.165) is 18.7 Å². The Kier molecular flexibility index (Phi) is 8.13. The van der Waals surface area contributed by atoms with E-state index in [1.54, 1.807) is 0 Å². The molecule has 0 amide bonds. The Morgan fingerprint density at radius 1 is 0.920 bits per heavy atom. The highest BCUT2D eigenvalue weighted by Gasteiger charge is 2.14. The second-order valence-electron chi connectivity index (χ2n) is 7.23. The minimum absolute atomic E-state index is 0.359. The lowest BCUT2D eigenvalue weighted by molar-refractivity contribution is 0.00678. The quantitative estimate of drug-likeness (QED) is 0.708. The maximum absolute atomic E-state index is 10.4. The van der Waals surface area contributed by atoms with Crippen molar-refractivity contribution < 1.29 is 9.84 Å². The molecule has 1 atom stereocenters. The summed E-state index contributed by atoms with van der Waals surface area (Å²) in [5.41, 5.74) is 3.69. The molecule has 136 valence electrons. The van der Waals surface area contributed by atoms with Crippen LogP contribution in [0.15, 0.2) is 54.6 Å². The van der Waals surface area contributed by atoms with Crippen LogP contribution in [0.3, 0.4) is 0 Å². The summed E-state index contributed by atoms with van der Waals surface area (Å²) in [5.74, 6) is 0.558. The third kappa shape index (κ3) is 7.82.